The van der Waals surface area contributed by atoms with Crippen molar-refractivity contribution >= 4 is 7.14 Å². The summed E-state index contributed by atoms with van der Waals surface area (Å²) in [5, 5.41) is 0. The van der Waals surface area contributed by atoms with Crippen LogP contribution in [-0.4, -0.2) is 19.0 Å². The minimum Gasteiger partial charge on any atom is -0.324 e. The maximum atomic E-state index is 12.0. The highest BCUT2D eigenvalue weighted by atomic mass is 31.2. The fourth-order valence-corrected chi connectivity index (χ4v) is 3.51. The second kappa shape index (κ2) is 7.62. The summed E-state index contributed by atoms with van der Waals surface area (Å²) in [6.45, 7) is 6.37. The fourth-order valence-electron chi connectivity index (χ4n) is 1.50. The van der Waals surface area contributed by atoms with Gasteiger partial charge in [0.05, 0.1) is 7.14 Å². The lowest BCUT2D eigenvalue weighted by Gasteiger charge is -2.11. The Morgan fingerprint density at radius 3 is 1.54 bits per heavy atom. The standard InChI is InChI=1S/C11H25OP/c1-4-6-8-10-13(3,12)11-9-7-5-2/h4-11H2,1-3H3. The molecule has 0 bridgehead atoms. The molecule has 13 heavy (non-hydrogen) atoms. The van der Waals surface area contributed by atoms with Crippen molar-refractivity contribution in [1.29, 1.82) is 0 Å². The summed E-state index contributed by atoms with van der Waals surface area (Å²) in [6, 6.07) is 0. The topological polar surface area (TPSA) is 17.1 Å². The summed E-state index contributed by atoms with van der Waals surface area (Å²) in [5.74, 6) is 0. The van der Waals surface area contributed by atoms with Gasteiger partial charge >= 0.3 is 0 Å². The molecule has 2 heteroatoms. The van der Waals surface area contributed by atoms with Crippen molar-refractivity contribution in [1.82, 2.24) is 0 Å². The van der Waals surface area contributed by atoms with E-state index in [9.17, 15) is 4.57 Å². The van der Waals surface area contributed by atoms with Gasteiger partial charge in [0.25, 0.3) is 0 Å². The quantitative estimate of drug-likeness (QED) is 0.424. The zero-order valence-electron chi connectivity index (χ0n) is 9.51. The zero-order valence-corrected chi connectivity index (χ0v) is 10.4. The molecule has 0 unspecified atom stereocenters. The van der Waals surface area contributed by atoms with Crippen LogP contribution in [0.25, 0.3) is 0 Å². The molecule has 0 saturated heterocycles. The first kappa shape index (κ1) is 13.2. The lowest BCUT2D eigenvalue weighted by molar-refractivity contribution is 0.572. The SMILES string of the molecule is CCCCCP(C)(=O)CCCCC. The molecule has 0 aromatic heterocycles. The molecule has 0 aliphatic rings. The molecular weight excluding hydrogens is 179 g/mol. The van der Waals surface area contributed by atoms with Crippen molar-refractivity contribution in [3.8, 4) is 0 Å². The molecule has 0 aliphatic heterocycles. The van der Waals surface area contributed by atoms with Crippen LogP contribution in [-0.2, 0) is 4.57 Å². The van der Waals surface area contributed by atoms with E-state index < -0.39 is 7.14 Å². The maximum absolute atomic E-state index is 12.0. The Hall–Kier alpha value is 0.230. The molecule has 0 radical (unpaired) electrons. The van der Waals surface area contributed by atoms with Crippen LogP contribution in [0.2, 0.25) is 0 Å². The van der Waals surface area contributed by atoms with Gasteiger partial charge < -0.3 is 4.57 Å². The third-order valence-electron chi connectivity index (χ3n) is 2.47. The Labute approximate surface area is 83.7 Å². The van der Waals surface area contributed by atoms with Crippen molar-refractivity contribution in [2.45, 2.75) is 52.4 Å². The molecule has 0 spiro atoms. The molecule has 0 N–H and O–H groups in total. The molecule has 0 atom stereocenters. The number of rotatable bonds is 8. The first-order valence-electron chi connectivity index (χ1n) is 5.68. The average molecular weight is 204 g/mol. The van der Waals surface area contributed by atoms with Gasteiger partial charge in [-0.25, -0.2) is 0 Å². The van der Waals surface area contributed by atoms with Crippen molar-refractivity contribution in [3.63, 3.8) is 0 Å². The Balaban J connectivity index is 3.49. The highest BCUT2D eigenvalue weighted by Gasteiger charge is 2.13. The normalized spacial score (nSPS) is 11.9. The van der Waals surface area contributed by atoms with Crippen LogP contribution < -0.4 is 0 Å². The van der Waals surface area contributed by atoms with Crippen LogP contribution in [0, 0.1) is 0 Å². The number of hydrogen-bond acceptors (Lipinski definition) is 1. The van der Waals surface area contributed by atoms with Gasteiger partial charge in [0, 0.05) is 12.3 Å². The van der Waals surface area contributed by atoms with Crippen molar-refractivity contribution < 1.29 is 4.57 Å². The van der Waals surface area contributed by atoms with Gasteiger partial charge in [0.15, 0.2) is 0 Å². The van der Waals surface area contributed by atoms with E-state index in [1.807, 2.05) is 6.66 Å². The molecule has 1 nitrogen and oxygen atoms in total. The first-order valence-corrected chi connectivity index (χ1v) is 8.20. The van der Waals surface area contributed by atoms with E-state index in [4.69, 9.17) is 0 Å². The second-order valence-electron chi connectivity index (χ2n) is 4.16. The van der Waals surface area contributed by atoms with Gasteiger partial charge in [-0.3, -0.25) is 0 Å². The predicted octanol–water partition coefficient (Wildman–Crippen LogP) is 4.36. The van der Waals surface area contributed by atoms with Crippen LogP contribution in [0.4, 0.5) is 0 Å². The average Bonchev–Trinajstić information content (AvgIpc) is 2.05. The van der Waals surface area contributed by atoms with E-state index in [1.165, 1.54) is 25.7 Å². The summed E-state index contributed by atoms with van der Waals surface area (Å²) in [4.78, 5) is 0. The Morgan fingerprint density at radius 2 is 1.23 bits per heavy atom. The zero-order chi connectivity index (χ0) is 10.2. The molecule has 0 saturated carbocycles. The van der Waals surface area contributed by atoms with Crippen LogP contribution in [0.5, 0.6) is 0 Å². The van der Waals surface area contributed by atoms with Gasteiger partial charge in [-0.1, -0.05) is 39.5 Å². The summed E-state index contributed by atoms with van der Waals surface area (Å²) in [6.07, 6.45) is 9.23. The molecule has 0 fully saturated rings. The molecule has 0 heterocycles. The smallest absolute Gasteiger partial charge is 0.0848 e. The largest absolute Gasteiger partial charge is 0.324 e. The molecule has 0 aliphatic carbocycles. The summed E-state index contributed by atoms with van der Waals surface area (Å²) >= 11 is 0. The lowest BCUT2D eigenvalue weighted by atomic mass is 10.3. The van der Waals surface area contributed by atoms with E-state index in [0.29, 0.717) is 0 Å². The highest BCUT2D eigenvalue weighted by molar-refractivity contribution is 7.63. The van der Waals surface area contributed by atoms with E-state index >= 15 is 0 Å². The van der Waals surface area contributed by atoms with E-state index in [1.54, 1.807) is 0 Å². The minimum absolute atomic E-state index is 0.977. The van der Waals surface area contributed by atoms with E-state index in [-0.39, 0.29) is 0 Å². The van der Waals surface area contributed by atoms with Crippen LogP contribution in [0.1, 0.15) is 52.4 Å². The minimum atomic E-state index is -1.75. The monoisotopic (exact) mass is 204 g/mol. The van der Waals surface area contributed by atoms with Crippen LogP contribution >= 0.6 is 7.14 Å². The third-order valence-corrected chi connectivity index (χ3v) is 4.99. The van der Waals surface area contributed by atoms with Crippen molar-refractivity contribution in [2.24, 2.45) is 0 Å². The molecule has 0 aromatic rings. The fraction of sp³-hybridized carbons (Fsp3) is 1.00. The molecule has 0 aromatic carbocycles. The Kier molecular flexibility index (Phi) is 7.75. The summed E-state index contributed by atoms with van der Waals surface area (Å²) in [7, 11) is -1.75. The van der Waals surface area contributed by atoms with E-state index in [2.05, 4.69) is 13.8 Å². The third kappa shape index (κ3) is 8.56. The molecule has 80 valence electrons. The predicted molar refractivity (Wildman–Crippen MR) is 62.3 cm³/mol. The number of hydrogen-bond donors (Lipinski definition) is 0. The Morgan fingerprint density at radius 1 is 0.846 bits per heavy atom. The second-order valence-corrected chi connectivity index (χ2v) is 7.65. The first-order chi connectivity index (χ1) is 6.12. The van der Waals surface area contributed by atoms with Gasteiger partial charge in [-0.15, -0.1) is 0 Å². The van der Waals surface area contributed by atoms with Crippen LogP contribution in [0.3, 0.4) is 0 Å². The van der Waals surface area contributed by atoms with Crippen LogP contribution in [0.15, 0.2) is 0 Å². The summed E-state index contributed by atoms with van der Waals surface area (Å²) < 4.78 is 12.0. The maximum Gasteiger partial charge on any atom is 0.0848 e. The Bertz CT molecular complexity index is 140. The lowest BCUT2D eigenvalue weighted by Crippen LogP contribution is -1.94. The summed E-state index contributed by atoms with van der Waals surface area (Å²) in [5.41, 5.74) is 0. The van der Waals surface area contributed by atoms with Gasteiger partial charge in [-0.05, 0) is 19.5 Å². The van der Waals surface area contributed by atoms with E-state index in [0.717, 1.165) is 25.2 Å². The highest BCUT2D eigenvalue weighted by Crippen LogP contribution is 2.43. The molecule has 0 amide bonds. The van der Waals surface area contributed by atoms with Crippen molar-refractivity contribution in [2.75, 3.05) is 19.0 Å². The molecular formula is C11H25OP. The molecule has 0 rings (SSSR count). The van der Waals surface area contributed by atoms with Gasteiger partial charge in [0.2, 0.25) is 0 Å². The van der Waals surface area contributed by atoms with Crippen molar-refractivity contribution in [3.05, 3.63) is 0 Å². The van der Waals surface area contributed by atoms with Gasteiger partial charge in [0.1, 0.15) is 0 Å². The van der Waals surface area contributed by atoms with Gasteiger partial charge in [-0.2, -0.15) is 0 Å². The number of unbranched alkanes of at least 4 members (excludes halogenated alkanes) is 4.